The van der Waals surface area contributed by atoms with Crippen LogP contribution in [-0.2, 0) is 11.2 Å². The van der Waals surface area contributed by atoms with Crippen molar-refractivity contribution in [3.8, 4) is 5.75 Å². The summed E-state index contributed by atoms with van der Waals surface area (Å²) in [5.41, 5.74) is 1.21. The van der Waals surface area contributed by atoms with Crippen molar-refractivity contribution in [1.29, 1.82) is 0 Å². The van der Waals surface area contributed by atoms with E-state index in [0.29, 0.717) is 5.75 Å². The Morgan fingerprint density at radius 2 is 1.83 bits per heavy atom. The lowest BCUT2D eigenvalue weighted by atomic mass is 10.1. The molecule has 0 aliphatic carbocycles. The molecule has 0 bridgehead atoms. The van der Waals surface area contributed by atoms with E-state index < -0.39 is 7.32 Å². The van der Waals surface area contributed by atoms with Crippen LogP contribution in [0.1, 0.15) is 5.56 Å². The molecule has 0 unspecified atom stereocenters. The van der Waals surface area contributed by atoms with Gasteiger partial charge < -0.3 is 19.4 Å². The number of hydrogen-bond acceptors (Lipinski definition) is 5. The van der Waals surface area contributed by atoms with Gasteiger partial charge in [-0.25, -0.2) is 0 Å². The van der Waals surface area contributed by atoms with Crippen molar-refractivity contribution in [3.63, 3.8) is 0 Å². The second-order valence-corrected chi connectivity index (χ2v) is 4.29. The van der Waals surface area contributed by atoms with E-state index >= 15 is 0 Å². The summed E-state index contributed by atoms with van der Waals surface area (Å²) in [4.78, 5) is 2.38. The maximum atomic E-state index is 8.66. The SMILES string of the molecule is OB(O)Oc1ccc(CCN2CCOCC2)cc1. The Balaban J connectivity index is 1.78. The first kappa shape index (κ1) is 13.4. The van der Waals surface area contributed by atoms with Crippen LogP contribution in [0.15, 0.2) is 24.3 Å². The van der Waals surface area contributed by atoms with E-state index in [9.17, 15) is 0 Å². The fourth-order valence-electron chi connectivity index (χ4n) is 1.97. The highest BCUT2D eigenvalue weighted by Gasteiger charge is 2.11. The van der Waals surface area contributed by atoms with E-state index in [2.05, 4.69) is 4.90 Å². The van der Waals surface area contributed by atoms with Gasteiger partial charge in [0.1, 0.15) is 5.75 Å². The zero-order chi connectivity index (χ0) is 12.8. The van der Waals surface area contributed by atoms with Crippen LogP contribution < -0.4 is 4.65 Å². The molecule has 2 rings (SSSR count). The van der Waals surface area contributed by atoms with E-state index in [1.807, 2.05) is 12.1 Å². The van der Waals surface area contributed by atoms with Gasteiger partial charge in [-0.3, -0.25) is 4.90 Å². The van der Waals surface area contributed by atoms with Gasteiger partial charge in [0.15, 0.2) is 0 Å². The van der Waals surface area contributed by atoms with Crippen LogP contribution >= 0.6 is 0 Å². The third-order valence-electron chi connectivity index (χ3n) is 2.99. The molecule has 1 aromatic rings. The zero-order valence-corrected chi connectivity index (χ0v) is 10.3. The second-order valence-electron chi connectivity index (χ2n) is 4.29. The number of hydrogen-bond donors (Lipinski definition) is 2. The van der Waals surface area contributed by atoms with Crippen molar-refractivity contribution in [2.24, 2.45) is 0 Å². The molecule has 0 saturated carbocycles. The number of nitrogens with zero attached hydrogens (tertiary/aromatic N) is 1. The molecule has 0 aromatic heterocycles. The predicted octanol–water partition coefficient (Wildman–Crippen LogP) is -0.0904. The molecule has 0 atom stereocenters. The van der Waals surface area contributed by atoms with Gasteiger partial charge in [-0.05, 0) is 24.1 Å². The summed E-state index contributed by atoms with van der Waals surface area (Å²) in [5.74, 6) is 0.458. The molecule has 5 nitrogen and oxygen atoms in total. The zero-order valence-electron chi connectivity index (χ0n) is 10.3. The second kappa shape index (κ2) is 6.75. The normalized spacial score (nSPS) is 16.6. The summed E-state index contributed by atoms with van der Waals surface area (Å²) in [6, 6.07) is 7.37. The van der Waals surface area contributed by atoms with Gasteiger partial charge in [0.25, 0.3) is 0 Å². The number of morpholine rings is 1. The summed E-state index contributed by atoms with van der Waals surface area (Å²) in [5, 5.41) is 17.3. The first-order valence-corrected chi connectivity index (χ1v) is 6.16. The fraction of sp³-hybridized carbons (Fsp3) is 0.500. The lowest BCUT2D eigenvalue weighted by Gasteiger charge is -2.26. The van der Waals surface area contributed by atoms with Gasteiger partial charge in [-0.2, -0.15) is 0 Å². The highest BCUT2D eigenvalue weighted by Crippen LogP contribution is 2.13. The highest BCUT2D eigenvalue weighted by molar-refractivity contribution is 6.33. The first-order valence-electron chi connectivity index (χ1n) is 6.16. The number of benzene rings is 1. The number of ether oxygens (including phenoxy) is 1. The van der Waals surface area contributed by atoms with Gasteiger partial charge in [-0.1, -0.05) is 12.1 Å². The minimum absolute atomic E-state index is 0.458. The van der Waals surface area contributed by atoms with Crippen LogP contribution in [0.5, 0.6) is 5.75 Å². The topological polar surface area (TPSA) is 62.2 Å². The average molecular weight is 251 g/mol. The molecule has 1 saturated heterocycles. The Morgan fingerprint density at radius 1 is 1.17 bits per heavy atom. The molecule has 0 radical (unpaired) electrons. The highest BCUT2D eigenvalue weighted by atomic mass is 16.6. The van der Waals surface area contributed by atoms with E-state index in [0.717, 1.165) is 39.3 Å². The Morgan fingerprint density at radius 3 is 2.44 bits per heavy atom. The minimum Gasteiger partial charge on any atom is -0.512 e. The predicted molar refractivity (Wildman–Crippen MR) is 68.2 cm³/mol. The molecular weight excluding hydrogens is 233 g/mol. The molecule has 18 heavy (non-hydrogen) atoms. The van der Waals surface area contributed by atoms with E-state index in [-0.39, 0.29) is 0 Å². The van der Waals surface area contributed by atoms with Crippen molar-refractivity contribution in [3.05, 3.63) is 29.8 Å². The summed E-state index contributed by atoms with van der Waals surface area (Å²) in [6.07, 6.45) is 0.974. The molecule has 1 fully saturated rings. The van der Waals surface area contributed by atoms with Gasteiger partial charge in [0, 0.05) is 19.6 Å². The fourth-order valence-corrected chi connectivity index (χ4v) is 1.97. The van der Waals surface area contributed by atoms with Crippen LogP contribution in [0.4, 0.5) is 0 Å². The smallest absolute Gasteiger partial charge is 0.512 e. The summed E-state index contributed by atoms with van der Waals surface area (Å²) < 4.78 is 10.0. The molecule has 2 N–H and O–H groups in total. The largest absolute Gasteiger partial charge is 0.707 e. The summed E-state index contributed by atoms with van der Waals surface area (Å²) in [7, 11) is -1.76. The van der Waals surface area contributed by atoms with E-state index in [1.165, 1.54) is 5.56 Å². The lowest BCUT2D eigenvalue weighted by Crippen LogP contribution is -2.37. The quantitative estimate of drug-likeness (QED) is 0.716. The van der Waals surface area contributed by atoms with Gasteiger partial charge >= 0.3 is 7.32 Å². The molecule has 1 heterocycles. The van der Waals surface area contributed by atoms with E-state index in [1.54, 1.807) is 12.1 Å². The van der Waals surface area contributed by atoms with Gasteiger partial charge in [0.05, 0.1) is 13.2 Å². The molecule has 1 aliphatic heterocycles. The Labute approximate surface area is 107 Å². The molecule has 98 valence electrons. The average Bonchev–Trinajstić information content (AvgIpc) is 2.38. The van der Waals surface area contributed by atoms with Gasteiger partial charge in [0.2, 0.25) is 0 Å². The molecule has 0 spiro atoms. The van der Waals surface area contributed by atoms with Crippen LogP contribution in [-0.4, -0.2) is 55.1 Å². The monoisotopic (exact) mass is 251 g/mol. The molecule has 1 aliphatic rings. The maximum Gasteiger partial charge on any atom is 0.707 e. The minimum atomic E-state index is -1.76. The van der Waals surface area contributed by atoms with Crippen LogP contribution in [0.3, 0.4) is 0 Å². The van der Waals surface area contributed by atoms with Crippen molar-refractivity contribution in [2.75, 3.05) is 32.8 Å². The lowest BCUT2D eigenvalue weighted by molar-refractivity contribution is 0.0384. The van der Waals surface area contributed by atoms with Crippen molar-refractivity contribution in [1.82, 2.24) is 4.90 Å². The summed E-state index contributed by atoms with van der Waals surface area (Å²) in [6.45, 7) is 4.66. The molecular formula is C12H18BNO4. The third kappa shape index (κ3) is 4.31. The summed E-state index contributed by atoms with van der Waals surface area (Å²) >= 11 is 0. The van der Waals surface area contributed by atoms with Crippen molar-refractivity contribution in [2.45, 2.75) is 6.42 Å². The Bertz CT molecular complexity index is 352. The Hall–Kier alpha value is -1.08. The molecule has 0 amide bonds. The van der Waals surface area contributed by atoms with Crippen LogP contribution in [0.25, 0.3) is 0 Å². The maximum absolute atomic E-state index is 8.66. The Kier molecular flexibility index (Phi) is 5.01. The first-order chi connectivity index (χ1) is 8.74. The van der Waals surface area contributed by atoms with Gasteiger partial charge in [-0.15, -0.1) is 0 Å². The van der Waals surface area contributed by atoms with Crippen LogP contribution in [0.2, 0.25) is 0 Å². The van der Waals surface area contributed by atoms with Crippen molar-refractivity contribution < 1.29 is 19.4 Å². The standard InChI is InChI=1S/C12H18BNO4/c15-13(16)18-12-3-1-11(2-4-12)5-6-14-7-9-17-10-8-14/h1-4,15-16H,5-10H2. The molecule has 6 heteroatoms. The van der Waals surface area contributed by atoms with Crippen LogP contribution in [0, 0.1) is 0 Å². The third-order valence-corrected chi connectivity index (χ3v) is 2.99. The van der Waals surface area contributed by atoms with Crippen molar-refractivity contribution >= 4 is 7.32 Å². The van der Waals surface area contributed by atoms with E-state index in [4.69, 9.17) is 19.4 Å². The number of rotatable bonds is 5. The molecule has 1 aromatic carbocycles.